The molecule has 0 fully saturated rings. The average Bonchev–Trinajstić information content (AvgIpc) is 2.84. The number of ether oxygens (including phenoxy) is 1. The zero-order valence-corrected chi connectivity index (χ0v) is 13.9. The molecular weight excluding hydrogens is 268 g/mol. The second kappa shape index (κ2) is 6.00. The molecule has 0 spiro atoms. The van der Waals surface area contributed by atoms with Crippen LogP contribution in [0.5, 0.6) is 5.75 Å². The molecule has 1 aliphatic rings. The first-order valence-corrected chi connectivity index (χ1v) is 8.08. The van der Waals surface area contributed by atoms with Crippen LogP contribution in [-0.4, -0.2) is 6.61 Å². The topological polar surface area (TPSA) is 9.23 Å². The lowest BCUT2D eigenvalue weighted by Crippen LogP contribution is -2.08. The summed E-state index contributed by atoms with van der Waals surface area (Å²) in [5.74, 6) is 1.58. The van der Waals surface area contributed by atoms with Crippen molar-refractivity contribution in [2.75, 3.05) is 6.61 Å². The third-order valence-electron chi connectivity index (χ3n) is 4.09. The first-order chi connectivity index (χ1) is 10.6. The Morgan fingerprint density at radius 2 is 1.82 bits per heavy atom. The maximum absolute atomic E-state index is 6.22. The molecule has 1 nitrogen and oxygen atoms in total. The molecule has 114 valence electrons. The minimum absolute atomic E-state index is 0.524. The fraction of sp³-hybridized carbons (Fsp3) is 0.333. The van der Waals surface area contributed by atoms with E-state index in [1.807, 2.05) is 0 Å². The van der Waals surface area contributed by atoms with Crippen LogP contribution >= 0.6 is 0 Å². The van der Waals surface area contributed by atoms with Crippen molar-refractivity contribution in [2.24, 2.45) is 5.92 Å². The molecule has 0 aromatic heterocycles. The quantitative estimate of drug-likeness (QED) is 0.707. The summed E-state index contributed by atoms with van der Waals surface area (Å²) in [6, 6.07) is 12.9. The molecule has 3 rings (SSSR count). The van der Waals surface area contributed by atoms with Gasteiger partial charge in [-0.2, -0.15) is 0 Å². The van der Waals surface area contributed by atoms with E-state index >= 15 is 0 Å². The van der Waals surface area contributed by atoms with Gasteiger partial charge in [0.1, 0.15) is 5.75 Å². The molecule has 0 unspecified atom stereocenters. The summed E-state index contributed by atoms with van der Waals surface area (Å²) in [5, 5.41) is 0. The van der Waals surface area contributed by atoms with Gasteiger partial charge in [-0.15, -0.1) is 0 Å². The number of aryl methyl sites for hydroxylation is 1. The van der Waals surface area contributed by atoms with E-state index in [4.69, 9.17) is 4.74 Å². The van der Waals surface area contributed by atoms with Crippen LogP contribution < -0.4 is 4.74 Å². The van der Waals surface area contributed by atoms with Gasteiger partial charge < -0.3 is 4.74 Å². The number of hydrogen-bond donors (Lipinski definition) is 0. The van der Waals surface area contributed by atoms with Crippen molar-refractivity contribution in [1.29, 1.82) is 0 Å². The van der Waals surface area contributed by atoms with E-state index in [1.54, 1.807) is 0 Å². The summed E-state index contributed by atoms with van der Waals surface area (Å²) in [7, 11) is 0. The van der Waals surface area contributed by atoms with Gasteiger partial charge in [0.15, 0.2) is 0 Å². The van der Waals surface area contributed by atoms with Gasteiger partial charge in [0.05, 0.1) is 6.61 Å². The van der Waals surface area contributed by atoms with Gasteiger partial charge in [0, 0.05) is 5.56 Å². The second-order valence-electron chi connectivity index (χ2n) is 6.70. The number of rotatable bonds is 4. The highest BCUT2D eigenvalue weighted by Crippen LogP contribution is 2.42. The second-order valence-corrected chi connectivity index (χ2v) is 6.70. The maximum Gasteiger partial charge on any atom is 0.130 e. The molecule has 0 saturated heterocycles. The molecule has 2 aromatic carbocycles. The highest BCUT2D eigenvalue weighted by molar-refractivity contribution is 5.83. The predicted octanol–water partition coefficient (Wildman–Crippen LogP) is 5.66. The summed E-state index contributed by atoms with van der Waals surface area (Å²) in [5.41, 5.74) is 7.95. The number of allylic oxidation sites excluding steroid dienone is 1. The molecule has 0 amide bonds. The molecule has 0 saturated carbocycles. The number of hydrogen-bond acceptors (Lipinski definition) is 1. The third-order valence-corrected chi connectivity index (χ3v) is 4.09. The van der Waals surface area contributed by atoms with E-state index in [2.05, 4.69) is 70.2 Å². The first-order valence-electron chi connectivity index (χ1n) is 8.08. The SMILES string of the molecule is CC1=Cc2cc(C)c(OCC(C)C)c(-c3ccccc3)c2C1. The van der Waals surface area contributed by atoms with E-state index in [-0.39, 0.29) is 0 Å². The van der Waals surface area contributed by atoms with E-state index in [0.29, 0.717) is 5.92 Å². The van der Waals surface area contributed by atoms with Crippen LogP contribution in [0.1, 0.15) is 37.5 Å². The van der Waals surface area contributed by atoms with Crippen LogP contribution in [0.25, 0.3) is 17.2 Å². The monoisotopic (exact) mass is 292 g/mol. The van der Waals surface area contributed by atoms with Gasteiger partial charge in [-0.25, -0.2) is 0 Å². The highest BCUT2D eigenvalue weighted by Gasteiger charge is 2.21. The van der Waals surface area contributed by atoms with Crippen molar-refractivity contribution >= 4 is 6.08 Å². The van der Waals surface area contributed by atoms with Crippen molar-refractivity contribution in [2.45, 2.75) is 34.1 Å². The largest absolute Gasteiger partial charge is 0.492 e. The molecule has 22 heavy (non-hydrogen) atoms. The maximum atomic E-state index is 6.22. The smallest absolute Gasteiger partial charge is 0.130 e. The third kappa shape index (κ3) is 2.81. The molecule has 1 heteroatoms. The van der Waals surface area contributed by atoms with Gasteiger partial charge in [-0.3, -0.25) is 0 Å². The highest BCUT2D eigenvalue weighted by atomic mass is 16.5. The van der Waals surface area contributed by atoms with E-state index in [0.717, 1.165) is 18.8 Å². The number of benzene rings is 2. The standard InChI is InChI=1S/C21H24O/c1-14(2)13-22-21-16(4)12-18-10-15(3)11-19(18)20(21)17-8-6-5-7-9-17/h5-10,12,14H,11,13H2,1-4H3. The Bertz CT molecular complexity index is 708. The van der Waals surface area contributed by atoms with Crippen molar-refractivity contribution in [1.82, 2.24) is 0 Å². The van der Waals surface area contributed by atoms with Crippen LogP contribution in [0.3, 0.4) is 0 Å². The zero-order valence-electron chi connectivity index (χ0n) is 13.9. The molecule has 0 N–H and O–H groups in total. The fourth-order valence-corrected chi connectivity index (χ4v) is 3.13. The summed E-state index contributed by atoms with van der Waals surface area (Å²) in [6.45, 7) is 9.50. The van der Waals surface area contributed by atoms with Gasteiger partial charge in [-0.05, 0) is 54.5 Å². The van der Waals surface area contributed by atoms with Crippen molar-refractivity contribution in [3.05, 3.63) is 58.7 Å². The van der Waals surface area contributed by atoms with Gasteiger partial charge >= 0.3 is 0 Å². The Balaban J connectivity index is 2.16. The number of fused-ring (bicyclic) bond motifs is 1. The van der Waals surface area contributed by atoms with Gasteiger partial charge in [0.25, 0.3) is 0 Å². The summed E-state index contributed by atoms with van der Waals surface area (Å²) in [6.07, 6.45) is 3.33. The fourth-order valence-electron chi connectivity index (χ4n) is 3.13. The Hall–Kier alpha value is -2.02. The van der Waals surface area contributed by atoms with Crippen molar-refractivity contribution < 1.29 is 4.74 Å². The normalized spacial score (nSPS) is 13.2. The van der Waals surface area contributed by atoms with Gasteiger partial charge in [-0.1, -0.05) is 55.8 Å². The van der Waals surface area contributed by atoms with Gasteiger partial charge in [0.2, 0.25) is 0 Å². The van der Waals surface area contributed by atoms with Crippen LogP contribution in [0.15, 0.2) is 42.0 Å². The molecular formula is C21H24O. The van der Waals surface area contributed by atoms with Crippen LogP contribution in [0.2, 0.25) is 0 Å². The lowest BCUT2D eigenvalue weighted by atomic mass is 9.92. The minimum Gasteiger partial charge on any atom is -0.492 e. The average molecular weight is 292 g/mol. The van der Waals surface area contributed by atoms with E-state index < -0.39 is 0 Å². The van der Waals surface area contributed by atoms with Crippen LogP contribution in [-0.2, 0) is 6.42 Å². The summed E-state index contributed by atoms with van der Waals surface area (Å²) >= 11 is 0. The molecule has 0 radical (unpaired) electrons. The van der Waals surface area contributed by atoms with Crippen molar-refractivity contribution in [3.63, 3.8) is 0 Å². The Kier molecular flexibility index (Phi) is 4.06. The van der Waals surface area contributed by atoms with Crippen LogP contribution in [0.4, 0.5) is 0 Å². The lowest BCUT2D eigenvalue weighted by molar-refractivity contribution is 0.270. The zero-order chi connectivity index (χ0) is 15.7. The van der Waals surface area contributed by atoms with Crippen molar-refractivity contribution in [3.8, 4) is 16.9 Å². The lowest BCUT2D eigenvalue weighted by Gasteiger charge is -2.19. The molecule has 0 aliphatic heterocycles. The van der Waals surface area contributed by atoms with Crippen LogP contribution in [0, 0.1) is 12.8 Å². The Morgan fingerprint density at radius 1 is 1.09 bits per heavy atom. The Labute approximate surface area is 133 Å². The van der Waals surface area contributed by atoms with E-state index in [9.17, 15) is 0 Å². The molecule has 0 heterocycles. The first kappa shape index (κ1) is 14.9. The molecule has 1 aliphatic carbocycles. The molecule has 0 bridgehead atoms. The minimum atomic E-state index is 0.524. The Morgan fingerprint density at radius 3 is 2.50 bits per heavy atom. The van der Waals surface area contributed by atoms with E-state index in [1.165, 1.54) is 33.4 Å². The predicted molar refractivity (Wildman–Crippen MR) is 94.3 cm³/mol. The summed E-state index contributed by atoms with van der Waals surface area (Å²) in [4.78, 5) is 0. The molecule has 2 aromatic rings. The summed E-state index contributed by atoms with van der Waals surface area (Å²) < 4.78 is 6.22. The molecule has 0 atom stereocenters.